The van der Waals surface area contributed by atoms with Crippen molar-refractivity contribution in [1.82, 2.24) is 9.38 Å². The van der Waals surface area contributed by atoms with Gasteiger partial charge in [0.2, 0.25) is 0 Å². The van der Waals surface area contributed by atoms with Gasteiger partial charge >= 0.3 is 0 Å². The van der Waals surface area contributed by atoms with E-state index in [1.807, 2.05) is 6.07 Å². The minimum absolute atomic E-state index is 0.315. The molecular formula is C14H9FN4. The Labute approximate surface area is 108 Å². The van der Waals surface area contributed by atoms with Crippen LogP contribution in [0.5, 0.6) is 0 Å². The zero-order valence-corrected chi connectivity index (χ0v) is 9.84. The summed E-state index contributed by atoms with van der Waals surface area (Å²) in [7, 11) is 0. The summed E-state index contributed by atoms with van der Waals surface area (Å²) in [6.45, 7) is 0. The van der Waals surface area contributed by atoms with Crippen molar-refractivity contribution >= 4 is 11.2 Å². The molecule has 5 heteroatoms. The van der Waals surface area contributed by atoms with Crippen LogP contribution in [0.1, 0.15) is 5.69 Å². The fourth-order valence-corrected chi connectivity index (χ4v) is 1.99. The van der Waals surface area contributed by atoms with Gasteiger partial charge in [-0.05, 0) is 36.4 Å². The average Bonchev–Trinajstić information content (AvgIpc) is 2.77. The molecule has 0 aliphatic rings. The van der Waals surface area contributed by atoms with Gasteiger partial charge in [0.1, 0.15) is 17.7 Å². The van der Waals surface area contributed by atoms with Crippen molar-refractivity contribution in [2.45, 2.75) is 0 Å². The van der Waals surface area contributed by atoms with E-state index in [4.69, 9.17) is 11.0 Å². The summed E-state index contributed by atoms with van der Waals surface area (Å²) in [6.07, 6.45) is 1.70. The van der Waals surface area contributed by atoms with Crippen LogP contribution in [-0.2, 0) is 0 Å². The van der Waals surface area contributed by atoms with Gasteiger partial charge in [0.25, 0.3) is 0 Å². The van der Waals surface area contributed by atoms with Crippen LogP contribution in [0.25, 0.3) is 16.9 Å². The van der Waals surface area contributed by atoms with Crippen LogP contribution in [0.15, 0.2) is 42.6 Å². The molecule has 0 unspecified atom stereocenters. The number of halogens is 1. The number of nitrogens with two attached hydrogens (primary N) is 1. The summed E-state index contributed by atoms with van der Waals surface area (Å²) >= 11 is 0. The Morgan fingerprint density at radius 1 is 1.16 bits per heavy atom. The standard InChI is InChI=1S/C14H9FN4/c15-10-3-1-9(2-4-10)14-18-12(7-16)13-6-5-11(17)8-19(13)14/h1-6,8H,17H2. The fraction of sp³-hybridized carbons (Fsp3) is 0. The quantitative estimate of drug-likeness (QED) is 0.723. The smallest absolute Gasteiger partial charge is 0.166 e. The summed E-state index contributed by atoms with van der Waals surface area (Å²) in [4.78, 5) is 4.27. The number of anilines is 1. The number of hydrogen-bond donors (Lipinski definition) is 1. The molecule has 3 rings (SSSR count). The van der Waals surface area contributed by atoms with E-state index in [1.54, 1.807) is 34.9 Å². The molecule has 0 saturated carbocycles. The number of hydrogen-bond acceptors (Lipinski definition) is 3. The highest BCUT2D eigenvalue weighted by atomic mass is 19.1. The predicted octanol–water partition coefficient (Wildman–Crippen LogP) is 2.59. The van der Waals surface area contributed by atoms with Gasteiger partial charge in [-0.3, -0.25) is 4.40 Å². The first-order chi connectivity index (χ1) is 9.19. The van der Waals surface area contributed by atoms with Gasteiger partial charge < -0.3 is 5.73 Å². The van der Waals surface area contributed by atoms with Crippen molar-refractivity contribution in [2.24, 2.45) is 0 Å². The summed E-state index contributed by atoms with van der Waals surface area (Å²) < 4.78 is 14.7. The third kappa shape index (κ3) is 1.79. The lowest BCUT2D eigenvalue weighted by Crippen LogP contribution is -1.93. The van der Waals surface area contributed by atoms with Crippen molar-refractivity contribution in [3.05, 3.63) is 54.1 Å². The number of nitrogens with zero attached hydrogens (tertiary/aromatic N) is 3. The van der Waals surface area contributed by atoms with E-state index in [1.165, 1.54) is 12.1 Å². The van der Waals surface area contributed by atoms with Crippen LogP contribution in [0.4, 0.5) is 10.1 Å². The largest absolute Gasteiger partial charge is 0.398 e. The maximum atomic E-state index is 13.0. The molecule has 0 bridgehead atoms. The molecule has 92 valence electrons. The molecule has 0 aliphatic heterocycles. The highest BCUT2D eigenvalue weighted by molar-refractivity contribution is 5.69. The summed E-state index contributed by atoms with van der Waals surface area (Å²) in [5, 5.41) is 9.09. The van der Waals surface area contributed by atoms with Gasteiger partial charge in [-0.1, -0.05) is 0 Å². The Bertz CT molecular complexity index is 797. The molecule has 0 amide bonds. The zero-order valence-electron chi connectivity index (χ0n) is 9.84. The molecular weight excluding hydrogens is 243 g/mol. The third-order valence-corrected chi connectivity index (χ3v) is 2.87. The van der Waals surface area contributed by atoms with Gasteiger partial charge in [0.15, 0.2) is 5.69 Å². The second-order valence-electron chi connectivity index (χ2n) is 4.12. The lowest BCUT2D eigenvalue weighted by Gasteiger charge is -2.02. The monoisotopic (exact) mass is 252 g/mol. The molecule has 0 spiro atoms. The maximum absolute atomic E-state index is 13.0. The molecule has 2 heterocycles. The number of pyridine rings is 1. The maximum Gasteiger partial charge on any atom is 0.166 e. The minimum Gasteiger partial charge on any atom is -0.398 e. The lowest BCUT2D eigenvalue weighted by molar-refractivity contribution is 0.628. The molecule has 4 nitrogen and oxygen atoms in total. The molecule has 19 heavy (non-hydrogen) atoms. The van der Waals surface area contributed by atoms with E-state index in [0.29, 0.717) is 22.7 Å². The van der Waals surface area contributed by atoms with Gasteiger partial charge in [-0.25, -0.2) is 9.37 Å². The number of imidazole rings is 1. The molecule has 2 N–H and O–H groups in total. The summed E-state index contributed by atoms with van der Waals surface area (Å²) in [5.74, 6) is 0.253. The molecule has 0 radical (unpaired) electrons. The fourth-order valence-electron chi connectivity index (χ4n) is 1.99. The minimum atomic E-state index is -0.315. The summed E-state index contributed by atoms with van der Waals surface area (Å²) in [6, 6.07) is 11.5. The molecule has 0 atom stereocenters. The van der Waals surface area contributed by atoms with Crippen LogP contribution < -0.4 is 5.73 Å². The van der Waals surface area contributed by atoms with E-state index >= 15 is 0 Å². The van der Waals surface area contributed by atoms with E-state index in [0.717, 1.165) is 5.56 Å². The van der Waals surface area contributed by atoms with Crippen molar-refractivity contribution in [1.29, 1.82) is 5.26 Å². The first kappa shape index (κ1) is 11.2. The number of nitrogen functional groups attached to an aromatic ring is 1. The van der Waals surface area contributed by atoms with E-state index < -0.39 is 0 Å². The van der Waals surface area contributed by atoms with Gasteiger partial charge in [-0.2, -0.15) is 5.26 Å². The van der Waals surface area contributed by atoms with Crippen molar-refractivity contribution in [3.63, 3.8) is 0 Å². The zero-order chi connectivity index (χ0) is 13.4. The van der Waals surface area contributed by atoms with Gasteiger partial charge in [0.05, 0.1) is 5.52 Å². The predicted molar refractivity (Wildman–Crippen MR) is 69.7 cm³/mol. The number of nitriles is 1. The first-order valence-electron chi connectivity index (χ1n) is 5.62. The molecule has 0 fully saturated rings. The molecule has 1 aromatic carbocycles. The topological polar surface area (TPSA) is 67.1 Å². The van der Waals surface area contributed by atoms with Crippen LogP contribution in [-0.4, -0.2) is 9.38 Å². The number of rotatable bonds is 1. The molecule has 0 saturated heterocycles. The van der Waals surface area contributed by atoms with E-state index in [2.05, 4.69) is 4.98 Å². The molecule has 3 aromatic rings. The molecule has 2 aromatic heterocycles. The van der Waals surface area contributed by atoms with Gasteiger partial charge in [-0.15, -0.1) is 0 Å². The van der Waals surface area contributed by atoms with E-state index in [-0.39, 0.29) is 5.82 Å². The number of fused-ring (bicyclic) bond motifs is 1. The van der Waals surface area contributed by atoms with Gasteiger partial charge in [0, 0.05) is 17.4 Å². The van der Waals surface area contributed by atoms with Crippen LogP contribution in [0.2, 0.25) is 0 Å². The Kier molecular flexibility index (Phi) is 2.43. The van der Waals surface area contributed by atoms with Crippen molar-refractivity contribution in [2.75, 3.05) is 5.73 Å². The Balaban J connectivity index is 2.32. The summed E-state index contributed by atoms with van der Waals surface area (Å²) in [5.41, 5.74) is 8.04. The number of aromatic nitrogens is 2. The number of benzene rings is 1. The Morgan fingerprint density at radius 2 is 1.89 bits per heavy atom. The average molecular weight is 252 g/mol. The van der Waals surface area contributed by atoms with Crippen LogP contribution >= 0.6 is 0 Å². The first-order valence-corrected chi connectivity index (χ1v) is 5.62. The lowest BCUT2D eigenvalue weighted by atomic mass is 10.2. The van der Waals surface area contributed by atoms with Crippen molar-refractivity contribution < 1.29 is 4.39 Å². The van der Waals surface area contributed by atoms with Crippen LogP contribution in [0.3, 0.4) is 0 Å². The van der Waals surface area contributed by atoms with E-state index in [9.17, 15) is 4.39 Å². The van der Waals surface area contributed by atoms with Crippen LogP contribution in [0, 0.1) is 17.1 Å². The highest BCUT2D eigenvalue weighted by Crippen LogP contribution is 2.23. The third-order valence-electron chi connectivity index (χ3n) is 2.87. The second-order valence-corrected chi connectivity index (χ2v) is 4.12. The molecule has 0 aliphatic carbocycles. The highest BCUT2D eigenvalue weighted by Gasteiger charge is 2.12. The normalized spacial score (nSPS) is 10.5. The Hall–Kier alpha value is -2.87. The SMILES string of the molecule is N#Cc1nc(-c2ccc(F)cc2)n2cc(N)ccc12. The second kappa shape index (κ2) is 4.10. The Morgan fingerprint density at radius 3 is 2.58 bits per heavy atom. The van der Waals surface area contributed by atoms with Crippen molar-refractivity contribution in [3.8, 4) is 17.5 Å².